The maximum Gasteiger partial charge on any atom is 0.0463 e. The molecule has 0 aliphatic heterocycles. The number of nitrogens with zero attached hydrogens (tertiary/aromatic N) is 2. The maximum absolute atomic E-state index is 2.38. The van der Waals surface area contributed by atoms with Gasteiger partial charge in [0.1, 0.15) is 0 Å². The monoisotopic (exact) mass is 442 g/mol. The molecule has 5 rings (SSSR count). The molecule has 0 spiro atoms. The van der Waals surface area contributed by atoms with Crippen LogP contribution in [0.4, 0.5) is 28.4 Å². The lowest BCUT2D eigenvalue weighted by molar-refractivity contribution is 0.875. The minimum absolute atomic E-state index is 1.04. The molecule has 0 bridgehead atoms. The summed E-state index contributed by atoms with van der Waals surface area (Å²) in [7, 11) is 0. The van der Waals surface area contributed by atoms with E-state index in [-0.39, 0.29) is 0 Å². The number of anilines is 5. The number of hydrogen-bond donors (Lipinski definition) is 0. The molecule has 0 radical (unpaired) electrons. The second-order valence-electron chi connectivity index (χ2n) is 8.86. The van der Waals surface area contributed by atoms with Gasteiger partial charge in [0.05, 0.1) is 0 Å². The Labute approximate surface area is 203 Å². The number of para-hydroxylation sites is 2. The lowest BCUT2D eigenvalue weighted by Crippen LogP contribution is -2.18. The van der Waals surface area contributed by atoms with Crippen LogP contribution >= 0.6 is 0 Å². The molecule has 0 heterocycles. The Kier molecular flexibility index (Phi) is 6.31. The lowest BCUT2D eigenvalue weighted by atomic mass is 10.0. The summed E-state index contributed by atoms with van der Waals surface area (Å²) in [6, 6.07) is 38.8. The first-order chi connectivity index (χ1) is 16.7. The van der Waals surface area contributed by atoms with Gasteiger partial charge in [0.2, 0.25) is 0 Å². The molecule has 2 heteroatoms. The third-order valence-corrected chi connectivity index (χ3v) is 6.31. The van der Waals surface area contributed by atoms with Crippen molar-refractivity contribution in [1.29, 1.82) is 0 Å². The Morgan fingerprint density at radius 1 is 0.441 bits per heavy atom. The van der Waals surface area contributed by atoms with E-state index < -0.39 is 0 Å². The van der Waals surface area contributed by atoms with Gasteiger partial charge in [0.25, 0.3) is 0 Å². The Bertz CT molecular complexity index is 1280. The largest absolute Gasteiger partial charge is 0.314 e. The van der Waals surface area contributed by atoms with Crippen LogP contribution in [0.25, 0.3) is 0 Å². The molecular weight excluding hydrogens is 412 g/mol. The molecule has 0 N–H and O–H groups in total. The van der Waals surface area contributed by atoms with E-state index in [9.17, 15) is 0 Å². The number of rotatable bonds is 6. The van der Waals surface area contributed by atoms with Crippen molar-refractivity contribution in [2.24, 2.45) is 0 Å². The van der Waals surface area contributed by atoms with Crippen molar-refractivity contribution in [3.8, 4) is 0 Å². The normalized spacial score (nSPS) is 13.1. The van der Waals surface area contributed by atoms with E-state index in [1.807, 2.05) is 0 Å². The summed E-state index contributed by atoms with van der Waals surface area (Å²) >= 11 is 0. The fraction of sp³-hybridized carbons (Fsp3) is 0.125. The quantitative estimate of drug-likeness (QED) is 0.293. The van der Waals surface area contributed by atoms with Crippen molar-refractivity contribution in [2.75, 3.05) is 9.80 Å². The highest BCUT2D eigenvalue weighted by molar-refractivity contribution is 5.78. The first kappa shape index (κ1) is 21.8. The standard InChI is InChI=1S/C32H30N2/c1-25-13-17-29(18-14-25)33(27-9-5-3-6-10-27)31-21-23-32(24-22-31)34(28-11-7-4-8-12-28)30-19-15-26(2)16-20-30/h3-15,17-19,21-24H,16,20H2,1-2H3. The van der Waals surface area contributed by atoms with Gasteiger partial charge >= 0.3 is 0 Å². The summed E-state index contributed by atoms with van der Waals surface area (Å²) in [6.07, 6.45) is 6.65. The van der Waals surface area contributed by atoms with Crippen molar-refractivity contribution in [2.45, 2.75) is 26.7 Å². The molecule has 0 unspecified atom stereocenters. The second-order valence-corrected chi connectivity index (χ2v) is 8.86. The smallest absolute Gasteiger partial charge is 0.0463 e. The van der Waals surface area contributed by atoms with Crippen LogP contribution < -0.4 is 9.80 Å². The molecule has 0 saturated carbocycles. The fourth-order valence-corrected chi connectivity index (χ4v) is 4.44. The number of allylic oxidation sites excluding steroid dienone is 4. The average molecular weight is 443 g/mol. The summed E-state index contributed by atoms with van der Waals surface area (Å²) in [5.74, 6) is 0. The number of aryl methyl sites for hydroxylation is 1. The molecule has 34 heavy (non-hydrogen) atoms. The van der Waals surface area contributed by atoms with Gasteiger partial charge in [-0.15, -0.1) is 0 Å². The molecule has 0 fully saturated rings. The van der Waals surface area contributed by atoms with Crippen molar-refractivity contribution < 1.29 is 0 Å². The van der Waals surface area contributed by atoms with Gasteiger partial charge in [-0.1, -0.05) is 65.7 Å². The molecule has 4 aromatic rings. The highest BCUT2D eigenvalue weighted by atomic mass is 15.2. The highest BCUT2D eigenvalue weighted by Gasteiger charge is 2.18. The van der Waals surface area contributed by atoms with Crippen LogP contribution in [0.3, 0.4) is 0 Å². The van der Waals surface area contributed by atoms with Crippen LogP contribution in [-0.4, -0.2) is 0 Å². The van der Waals surface area contributed by atoms with Crippen LogP contribution in [0.15, 0.2) is 133 Å². The van der Waals surface area contributed by atoms with E-state index in [1.165, 1.54) is 28.2 Å². The summed E-state index contributed by atoms with van der Waals surface area (Å²) in [5.41, 5.74) is 9.82. The van der Waals surface area contributed by atoms with E-state index >= 15 is 0 Å². The van der Waals surface area contributed by atoms with Crippen LogP contribution in [-0.2, 0) is 0 Å². The molecule has 0 atom stereocenters. The molecule has 0 amide bonds. The molecule has 1 aliphatic rings. The number of hydrogen-bond acceptors (Lipinski definition) is 2. The van der Waals surface area contributed by atoms with Gasteiger partial charge in [-0.3, -0.25) is 0 Å². The van der Waals surface area contributed by atoms with E-state index in [2.05, 4.69) is 145 Å². The Morgan fingerprint density at radius 2 is 0.882 bits per heavy atom. The highest BCUT2D eigenvalue weighted by Crippen LogP contribution is 2.38. The first-order valence-corrected chi connectivity index (χ1v) is 11.9. The molecule has 1 aliphatic carbocycles. The molecule has 168 valence electrons. The zero-order chi connectivity index (χ0) is 23.3. The molecule has 2 nitrogen and oxygen atoms in total. The van der Waals surface area contributed by atoms with Crippen molar-refractivity contribution in [3.63, 3.8) is 0 Å². The van der Waals surface area contributed by atoms with Gasteiger partial charge in [0, 0.05) is 34.1 Å². The zero-order valence-electron chi connectivity index (χ0n) is 19.9. The van der Waals surface area contributed by atoms with Gasteiger partial charge in [0.15, 0.2) is 0 Å². The molecule has 0 saturated heterocycles. The third-order valence-electron chi connectivity index (χ3n) is 6.31. The Morgan fingerprint density at radius 3 is 1.38 bits per heavy atom. The zero-order valence-corrected chi connectivity index (χ0v) is 19.9. The van der Waals surface area contributed by atoms with E-state index in [1.54, 1.807) is 0 Å². The first-order valence-electron chi connectivity index (χ1n) is 11.9. The lowest BCUT2D eigenvalue weighted by Gasteiger charge is -2.30. The number of benzene rings is 4. The van der Waals surface area contributed by atoms with E-state index in [0.717, 1.165) is 29.9 Å². The van der Waals surface area contributed by atoms with Crippen molar-refractivity contribution >= 4 is 28.4 Å². The van der Waals surface area contributed by atoms with Gasteiger partial charge < -0.3 is 9.80 Å². The summed E-state index contributed by atoms with van der Waals surface area (Å²) < 4.78 is 0. The molecular formula is C32H30N2. The fourth-order valence-electron chi connectivity index (χ4n) is 4.44. The SMILES string of the molecule is CC1=CC=C(N(c2ccccc2)c2ccc(N(c3ccccc3)c3ccc(C)cc3)cc2)CC1. The predicted molar refractivity (Wildman–Crippen MR) is 146 cm³/mol. The van der Waals surface area contributed by atoms with Gasteiger partial charge in [-0.2, -0.15) is 0 Å². The van der Waals surface area contributed by atoms with E-state index in [0.29, 0.717) is 0 Å². The minimum Gasteiger partial charge on any atom is -0.314 e. The summed E-state index contributed by atoms with van der Waals surface area (Å²) in [5, 5.41) is 0. The van der Waals surface area contributed by atoms with Crippen LogP contribution in [0.2, 0.25) is 0 Å². The van der Waals surface area contributed by atoms with Gasteiger partial charge in [-0.05, 0) is 93.4 Å². The molecule has 0 aromatic heterocycles. The van der Waals surface area contributed by atoms with Gasteiger partial charge in [-0.25, -0.2) is 0 Å². The Balaban J connectivity index is 1.55. The Hall–Kier alpha value is -4.04. The minimum atomic E-state index is 1.04. The van der Waals surface area contributed by atoms with Crippen molar-refractivity contribution in [1.82, 2.24) is 0 Å². The molecule has 4 aromatic carbocycles. The van der Waals surface area contributed by atoms with Crippen molar-refractivity contribution in [3.05, 3.63) is 138 Å². The van der Waals surface area contributed by atoms with Crippen LogP contribution in [0.5, 0.6) is 0 Å². The van der Waals surface area contributed by atoms with E-state index in [4.69, 9.17) is 0 Å². The average Bonchev–Trinajstić information content (AvgIpc) is 2.89. The summed E-state index contributed by atoms with van der Waals surface area (Å²) in [4.78, 5) is 4.69. The second kappa shape index (κ2) is 9.84. The topological polar surface area (TPSA) is 6.48 Å². The summed E-state index contributed by atoms with van der Waals surface area (Å²) in [6.45, 7) is 4.33. The van der Waals surface area contributed by atoms with Crippen LogP contribution in [0, 0.1) is 6.92 Å². The third kappa shape index (κ3) is 4.67. The predicted octanol–water partition coefficient (Wildman–Crippen LogP) is 9.23. The maximum atomic E-state index is 2.38. The van der Waals surface area contributed by atoms with Crippen LogP contribution in [0.1, 0.15) is 25.3 Å².